The molecule has 1 fully saturated rings. The van der Waals surface area contributed by atoms with Gasteiger partial charge in [-0.25, -0.2) is 0 Å². The molecule has 0 aromatic carbocycles. The third-order valence-corrected chi connectivity index (χ3v) is 2.08. The zero-order valence-electron chi connectivity index (χ0n) is 7.54. The minimum atomic E-state index is -0.0454. The summed E-state index contributed by atoms with van der Waals surface area (Å²) in [6.45, 7) is 1.95. The Morgan fingerprint density at radius 3 is 3.15 bits per heavy atom. The molecule has 1 aromatic heterocycles. The lowest BCUT2D eigenvalue weighted by Crippen LogP contribution is -2.18. The summed E-state index contributed by atoms with van der Waals surface area (Å²) in [5.41, 5.74) is 0.803. The molecule has 0 bridgehead atoms. The molecule has 0 unspecified atom stereocenters. The summed E-state index contributed by atoms with van der Waals surface area (Å²) in [7, 11) is 0. The molecule has 4 nitrogen and oxygen atoms in total. The largest absolute Gasteiger partial charge is 0.361 e. The van der Waals surface area contributed by atoms with Crippen LogP contribution in [0.5, 0.6) is 0 Å². The van der Waals surface area contributed by atoms with Crippen LogP contribution >= 0.6 is 0 Å². The van der Waals surface area contributed by atoms with Gasteiger partial charge in [-0.05, 0) is 12.8 Å². The highest BCUT2D eigenvalue weighted by atomic mass is 16.5. The average Bonchev–Trinajstić information content (AvgIpc) is 2.83. The molecule has 13 heavy (non-hydrogen) atoms. The summed E-state index contributed by atoms with van der Waals surface area (Å²) in [5, 5.41) is 6.53. The standard InChI is InChI=1S/C9H12N2O2/c1-6(12)10-5-8-4-9(13-11-8)7-2-3-7/h4,7H,2-3,5H2,1H3,(H,10,12). The zero-order valence-corrected chi connectivity index (χ0v) is 7.54. The lowest BCUT2D eigenvalue weighted by atomic mass is 10.3. The molecule has 1 aliphatic carbocycles. The molecule has 1 saturated carbocycles. The molecule has 0 radical (unpaired) electrons. The van der Waals surface area contributed by atoms with Crippen LogP contribution < -0.4 is 5.32 Å². The Balaban J connectivity index is 1.92. The second-order valence-corrected chi connectivity index (χ2v) is 3.40. The van der Waals surface area contributed by atoms with Crippen LogP contribution in [0.4, 0.5) is 0 Å². The first kappa shape index (κ1) is 8.29. The number of amides is 1. The quantitative estimate of drug-likeness (QED) is 0.760. The van der Waals surface area contributed by atoms with Crippen molar-refractivity contribution in [1.29, 1.82) is 0 Å². The second kappa shape index (κ2) is 3.20. The minimum Gasteiger partial charge on any atom is -0.361 e. The first-order valence-electron chi connectivity index (χ1n) is 4.45. The highest BCUT2D eigenvalue weighted by molar-refractivity contribution is 5.72. The monoisotopic (exact) mass is 180 g/mol. The lowest BCUT2D eigenvalue weighted by Gasteiger charge is -1.94. The summed E-state index contributed by atoms with van der Waals surface area (Å²) in [6, 6.07) is 1.92. The van der Waals surface area contributed by atoms with E-state index in [1.807, 2.05) is 6.07 Å². The van der Waals surface area contributed by atoms with Gasteiger partial charge in [0, 0.05) is 18.9 Å². The summed E-state index contributed by atoms with van der Waals surface area (Å²) in [5.74, 6) is 1.50. The van der Waals surface area contributed by atoms with Gasteiger partial charge in [0.15, 0.2) is 0 Å². The van der Waals surface area contributed by atoms with Crippen LogP contribution in [-0.4, -0.2) is 11.1 Å². The molecule has 0 aliphatic heterocycles. The van der Waals surface area contributed by atoms with Gasteiger partial charge in [-0.3, -0.25) is 4.79 Å². The molecule has 1 amide bonds. The average molecular weight is 180 g/mol. The highest BCUT2D eigenvalue weighted by Crippen LogP contribution is 2.40. The number of rotatable bonds is 3. The van der Waals surface area contributed by atoms with Crippen molar-refractivity contribution in [3.8, 4) is 0 Å². The van der Waals surface area contributed by atoms with Gasteiger partial charge < -0.3 is 9.84 Å². The van der Waals surface area contributed by atoms with Crippen LogP contribution in [0.2, 0.25) is 0 Å². The van der Waals surface area contributed by atoms with Gasteiger partial charge in [-0.15, -0.1) is 0 Å². The van der Waals surface area contributed by atoms with Crippen molar-refractivity contribution in [2.75, 3.05) is 0 Å². The fourth-order valence-electron chi connectivity index (χ4n) is 1.19. The van der Waals surface area contributed by atoms with Crippen LogP contribution in [0.15, 0.2) is 10.6 Å². The maximum atomic E-state index is 10.6. The molecule has 70 valence electrons. The van der Waals surface area contributed by atoms with E-state index in [0.29, 0.717) is 12.5 Å². The van der Waals surface area contributed by atoms with Gasteiger partial charge in [-0.2, -0.15) is 0 Å². The summed E-state index contributed by atoms with van der Waals surface area (Å²) < 4.78 is 5.12. The highest BCUT2D eigenvalue weighted by Gasteiger charge is 2.27. The van der Waals surface area contributed by atoms with Crippen molar-refractivity contribution in [2.45, 2.75) is 32.2 Å². The van der Waals surface area contributed by atoms with Crippen molar-refractivity contribution in [3.05, 3.63) is 17.5 Å². The molecular weight excluding hydrogens is 168 g/mol. The Bertz CT molecular complexity index is 315. The Labute approximate surface area is 76.3 Å². The first-order chi connectivity index (χ1) is 6.25. The van der Waals surface area contributed by atoms with Crippen LogP contribution in [-0.2, 0) is 11.3 Å². The second-order valence-electron chi connectivity index (χ2n) is 3.40. The smallest absolute Gasteiger partial charge is 0.217 e. The normalized spacial score (nSPS) is 15.8. The summed E-state index contributed by atoms with van der Waals surface area (Å²) in [4.78, 5) is 10.6. The Morgan fingerprint density at radius 2 is 2.54 bits per heavy atom. The molecular formula is C9H12N2O2. The van der Waals surface area contributed by atoms with Gasteiger partial charge in [0.05, 0.1) is 6.54 Å². The molecule has 2 rings (SSSR count). The van der Waals surface area contributed by atoms with Crippen LogP contribution in [0.25, 0.3) is 0 Å². The van der Waals surface area contributed by atoms with E-state index >= 15 is 0 Å². The van der Waals surface area contributed by atoms with Gasteiger partial charge in [-0.1, -0.05) is 5.16 Å². The summed E-state index contributed by atoms with van der Waals surface area (Å²) in [6.07, 6.45) is 2.41. The van der Waals surface area contributed by atoms with Gasteiger partial charge in [0.1, 0.15) is 11.5 Å². The molecule has 4 heteroatoms. The van der Waals surface area contributed by atoms with Crippen molar-refractivity contribution < 1.29 is 9.32 Å². The van der Waals surface area contributed by atoms with Crippen LogP contribution in [0.3, 0.4) is 0 Å². The zero-order chi connectivity index (χ0) is 9.26. The molecule has 1 aliphatic rings. The number of nitrogens with zero attached hydrogens (tertiary/aromatic N) is 1. The number of aromatic nitrogens is 1. The van der Waals surface area contributed by atoms with Gasteiger partial charge in [0.25, 0.3) is 0 Å². The SMILES string of the molecule is CC(=O)NCc1cc(C2CC2)on1. The fourth-order valence-corrected chi connectivity index (χ4v) is 1.19. The van der Waals surface area contributed by atoms with E-state index < -0.39 is 0 Å². The Hall–Kier alpha value is -1.32. The van der Waals surface area contributed by atoms with E-state index in [9.17, 15) is 4.79 Å². The van der Waals surface area contributed by atoms with Gasteiger partial charge >= 0.3 is 0 Å². The van der Waals surface area contributed by atoms with Crippen LogP contribution in [0, 0.1) is 0 Å². The first-order valence-corrected chi connectivity index (χ1v) is 4.45. The van der Waals surface area contributed by atoms with E-state index in [1.165, 1.54) is 19.8 Å². The van der Waals surface area contributed by atoms with Crippen molar-refractivity contribution >= 4 is 5.91 Å². The van der Waals surface area contributed by atoms with Gasteiger partial charge in [0.2, 0.25) is 5.91 Å². The van der Waals surface area contributed by atoms with E-state index in [-0.39, 0.29) is 5.91 Å². The molecule has 0 atom stereocenters. The number of carbonyl (C=O) groups excluding carboxylic acids is 1. The van der Waals surface area contributed by atoms with E-state index in [0.717, 1.165) is 11.5 Å². The predicted octanol–water partition coefficient (Wildman–Crippen LogP) is 1.19. The number of hydrogen-bond donors (Lipinski definition) is 1. The maximum Gasteiger partial charge on any atom is 0.217 e. The number of hydrogen-bond acceptors (Lipinski definition) is 3. The van der Waals surface area contributed by atoms with E-state index in [1.54, 1.807) is 0 Å². The topological polar surface area (TPSA) is 55.1 Å². The van der Waals surface area contributed by atoms with Crippen molar-refractivity contribution in [1.82, 2.24) is 10.5 Å². The Morgan fingerprint density at radius 1 is 1.77 bits per heavy atom. The molecule has 1 heterocycles. The number of nitrogens with one attached hydrogen (secondary N) is 1. The minimum absolute atomic E-state index is 0.0454. The number of carbonyl (C=O) groups is 1. The molecule has 0 saturated heterocycles. The molecule has 1 aromatic rings. The third kappa shape index (κ3) is 2.08. The van der Waals surface area contributed by atoms with Crippen molar-refractivity contribution in [2.24, 2.45) is 0 Å². The fraction of sp³-hybridized carbons (Fsp3) is 0.556. The summed E-state index contributed by atoms with van der Waals surface area (Å²) >= 11 is 0. The predicted molar refractivity (Wildman–Crippen MR) is 46.0 cm³/mol. The molecule has 1 N–H and O–H groups in total. The van der Waals surface area contributed by atoms with Crippen LogP contribution in [0.1, 0.15) is 37.1 Å². The lowest BCUT2D eigenvalue weighted by molar-refractivity contribution is -0.119. The molecule has 0 spiro atoms. The van der Waals surface area contributed by atoms with E-state index in [4.69, 9.17) is 4.52 Å². The van der Waals surface area contributed by atoms with Crippen molar-refractivity contribution in [3.63, 3.8) is 0 Å². The maximum absolute atomic E-state index is 10.6. The third-order valence-electron chi connectivity index (χ3n) is 2.08. The Kier molecular flexibility index (Phi) is 2.04. The van der Waals surface area contributed by atoms with E-state index in [2.05, 4.69) is 10.5 Å².